The average Bonchev–Trinajstić information content (AvgIpc) is 2.77. The van der Waals surface area contributed by atoms with Crippen molar-refractivity contribution in [1.29, 1.82) is 0 Å². The maximum Gasteiger partial charge on any atom is 0.251 e. The van der Waals surface area contributed by atoms with Gasteiger partial charge in [-0.1, -0.05) is 5.16 Å². The molecule has 0 radical (unpaired) electrons. The third-order valence-corrected chi connectivity index (χ3v) is 2.15. The fourth-order valence-electron chi connectivity index (χ4n) is 1.41. The van der Waals surface area contributed by atoms with Gasteiger partial charge >= 0.3 is 0 Å². The van der Waals surface area contributed by atoms with E-state index in [4.69, 9.17) is 16.0 Å². The number of nitrogen functional groups attached to an aromatic ring is 2. The molecule has 0 aliphatic heterocycles. The molecule has 2 rings (SSSR count). The molecule has 6 nitrogen and oxygen atoms in total. The Morgan fingerprint density at radius 2 is 2.00 bits per heavy atom. The van der Waals surface area contributed by atoms with Crippen LogP contribution in [0.2, 0.25) is 0 Å². The fraction of sp³-hybridized carbons (Fsp3) is 0.0909. The first-order valence-corrected chi connectivity index (χ1v) is 4.99. The van der Waals surface area contributed by atoms with Gasteiger partial charge in [0.2, 0.25) is 0 Å². The summed E-state index contributed by atoms with van der Waals surface area (Å²) in [6.45, 7) is 0.271. The van der Waals surface area contributed by atoms with Gasteiger partial charge in [-0.25, -0.2) is 0 Å². The van der Waals surface area contributed by atoms with Gasteiger partial charge in [0, 0.05) is 23.0 Å². The summed E-state index contributed by atoms with van der Waals surface area (Å²) < 4.78 is 4.85. The zero-order valence-corrected chi connectivity index (χ0v) is 9.01. The Labute approximate surface area is 97.6 Å². The van der Waals surface area contributed by atoms with Crippen molar-refractivity contribution in [1.82, 2.24) is 10.5 Å². The highest BCUT2D eigenvalue weighted by atomic mass is 16.5. The predicted octanol–water partition coefficient (Wildman–Crippen LogP) is 0.769. The topological polar surface area (TPSA) is 107 Å². The monoisotopic (exact) mass is 232 g/mol. The second-order valence-electron chi connectivity index (χ2n) is 3.55. The Kier molecular flexibility index (Phi) is 2.95. The number of nitrogens with two attached hydrogens (primary N) is 2. The number of anilines is 2. The summed E-state index contributed by atoms with van der Waals surface area (Å²) in [5, 5.41) is 6.21. The van der Waals surface area contributed by atoms with Crippen molar-refractivity contribution in [3.8, 4) is 0 Å². The van der Waals surface area contributed by atoms with Gasteiger partial charge < -0.3 is 21.3 Å². The SMILES string of the molecule is Nc1cc(N)cc(C(=O)NCc2ccno2)c1. The molecule has 0 bridgehead atoms. The first-order chi connectivity index (χ1) is 8.15. The van der Waals surface area contributed by atoms with E-state index in [1.165, 1.54) is 6.20 Å². The zero-order valence-electron chi connectivity index (χ0n) is 9.01. The predicted molar refractivity (Wildman–Crippen MR) is 62.9 cm³/mol. The highest BCUT2D eigenvalue weighted by Crippen LogP contribution is 2.13. The second kappa shape index (κ2) is 4.56. The molecule has 6 heteroatoms. The average molecular weight is 232 g/mol. The lowest BCUT2D eigenvalue weighted by Gasteiger charge is -2.05. The third-order valence-electron chi connectivity index (χ3n) is 2.15. The number of hydrogen-bond acceptors (Lipinski definition) is 5. The molecule has 88 valence electrons. The van der Waals surface area contributed by atoms with Crippen molar-refractivity contribution < 1.29 is 9.32 Å². The van der Waals surface area contributed by atoms with Gasteiger partial charge in [0.05, 0.1) is 12.7 Å². The van der Waals surface area contributed by atoms with Crippen LogP contribution in [0.15, 0.2) is 35.0 Å². The van der Waals surface area contributed by atoms with E-state index >= 15 is 0 Å². The number of hydrogen-bond donors (Lipinski definition) is 3. The summed E-state index contributed by atoms with van der Waals surface area (Å²) in [7, 11) is 0. The number of nitrogens with zero attached hydrogens (tertiary/aromatic N) is 1. The Balaban J connectivity index is 2.04. The molecular weight excluding hydrogens is 220 g/mol. The lowest BCUT2D eigenvalue weighted by atomic mass is 10.1. The van der Waals surface area contributed by atoms with Crippen LogP contribution < -0.4 is 16.8 Å². The first kappa shape index (κ1) is 11.0. The Hall–Kier alpha value is -2.50. The number of amides is 1. The molecule has 1 aromatic carbocycles. The highest BCUT2D eigenvalue weighted by molar-refractivity contribution is 5.96. The Morgan fingerprint density at radius 3 is 2.59 bits per heavy atom. The molecule has 0 aliphatic rings. The first-order valence-electron chi connectivity index (χ1n) is 4.99. The molecule has 0 unspecified atom stereocenters. The summed E-state index contributed by atoms with van der Waals surface area (Å²) in [5.74, 6) is 0.315. The van der Waals surface area contributed by atoms with Gasteiger partial charge in [0.15, 0.2) is 5.76 Å². The van der Waals surface area contributed by atoms with Crippen LogP contribution in [0.5, 0.6) is 0 Å². The molecule has 2 aromatic rings. The van der Waals surface area contributed by atoms with Gasteiger partial charge in [0.1, 0.15) is 0 Å². The Morgan fingerprint density at radius 1 is 1.29 bits per heavy atom. The summed E-state index contributed by atoms with van der Waals surface area (Å²) >= 11 is 0. The van der Waals surface area contributed by atoms with E-state index in [9.17, 15) is 4.79 Å². The third kappa shape index (κ3) is 2.75. The van der Waals surface area contributed by atoms with Crippen LogP contribution in [-0.4, -0.2) is 11.1 Å². The minimum atomic E-state index is -0.264. The molecular formula is C11H12N4O2. The number of rotatable bonds is 3. The van der Waals surface area contributed by atoms with Crippen molar-refractivity contribution in [2.45, 2.75) is 6.54 Å². The number of benzene rings is 1. The zero-order chi connectivity index (χ0) is 12.3. The van der Waals surface area contributed by atoms with Gasteiger partial charge in [-0.05, 0) is 18.2 Å². The Bertz CT molecular complexity index is 502. The van der Waals surface area contributed by atoms with E-state index < -0.39 is 0 Å². The largest absolute Gasteiger partial charge is 0.399 e. The minimum Gasteiger partial charge on any atom is -0.399 e. The number of carbonyl (C=O) groups is 1. The van der Waals surface area contributed by atoms with Gasteiger partial charge in [-0.15, -0.1) is 0 Å². The van der Waals surface area contributed by atoms with E-state index in [-0.39, 0.29) is 12.5 Å². The van der Waals surface area contributed by atoms with Crippen molar-refractivity contribution in [2.24, 2.45) is 0 Å². The number of carbonyl (C=O) groups excluding carboxylic acids is 1. The summed E-state index contributed by atoms with van der Waals surface area (Å²) in [6, 6.07) is 6.39. The molecule has 0 aliphatic carbocycles. The van der Waals surface area contributed by atoms with E-state index in [1.807, 2.05) is 0 Å². The van der Waals surface area contributed by atoms with Gasteiger partial charge in [-0.2, -0.15) is 0 Å². The lowest BCUT2D eigenvalue weighted by molar-refractivity contribution is 0.0947. The summed E-state index contributed by atoms with van der Waals surface area (Å²) in [5.41, 5.74) is 12.5. The highest BCUT2D eigenvalue weighted by Gasteiger charge is 2.07. The van der Waals surface area contributed by atoms with E-state index in [0.717, 1.165) is 0 Å². The smallest absolute Gasteiger partial charge is 0.251 e. The molecule has 5 N–H and O–H groups in total. The van der Waals surface area contributed by atoms with E-state index in [0.29, 0.717) is 22.7 Å². The van der Waals surface area contributed by atoms with Crippen LogP contribution in [0.3, 0.4) is 0 Å². The van der Waals surface area contributed by atoms with Crippen LogP contribution in [-0.2, 0) is 6.54 Å². The summed E-state index contributed by atoms with van der Waals surface area (Å²) in [6.07, 6.45) is 1.51. The number of aromatic nitrogens is 1. The van der Waals surface area contributed by atoms with E-state index in [1.54, 1.807) is 24.3 Å². The van der Waals surface area contributed by atoms with Crippen LogP contribution in [0.4, 0.5) is 11.4 Å². The van der Waals surface area contributed by atoms with Crippen LogP contribution in [0.25, 0.3) is 0 Å². The quantitative estimate of drug-likeness (QED) is 0.677. The molecule has 1 heterocycles. The lowest BCUT2D eigenvalue weighted by Crippen LogP contribution is -2.22. The summed E-state index contributed by atoms with van der Waals surface area (Å²) in [4.78, 5) is 11.8. The number of nitrogens with one attached hydrogen (secondary N) is 1. The maximum absolute atomic E-state index is 11.8. The molecule has 0 spiro atoms. The van der Waals surface area contributed by atoms with Crippen molar-refractivity contribution in [3.05, 3.63) is 41.8 Å². The van der Waals surface area contributed by atoms with E-state index in [2.05, 4.69) is 10.5 Å². The standard InChI is InChI=1S/C11H12N4O2/c12-8-3-7(4-9(13)5-8)11(16)14-6-10-1-2-15-17-10/h1-5H,6,12-13H2,(H,14,16). The molecule has 0 saturated heterocycles. The molecule has 0 atom stereocenters. The van der Waals surface area contributed by atoms with Crippen LogP contribution in [0.1, 0.15) is 16.1 Å². The molecule has 17 heavy (non-hydrogen) atoms. The van der Waals surface area contributed by atoms with Crippen molar-refractivity contribution in [2.75, 3.05) is 11.5 Å². The van der Waals surface area contributed by atoms with Crippen molar-refractivity contribution in [3.63, 3.8) is 0 Å². The second-order valence-corrected chi connectivity index (χ2v) is 3.55. The van der Waals surface area contributed by atoms with Gasteiger partial charge in [0.25, 0.3) is 5.91 Å². The molecule has 0 saturated carbocycles. The maximum atomic E-state index is 11.8. The molecule has 1 amide bonds. The fourth-order valence-corrected chi connectivity index (χ4v) is 1.41. The van der Waals surface area contributed by atoms with Crippen molar-refractivity contribution >= 4 is 17.3 Å². The normalized spacial score (nSPS) is 10.1. The van der Waals surface area contributed by atoms with Gasteiger partial charge in [-0.3, -0.25) is 4.79 Å². The molecule has 0 fully saturated rings. The van der Waals surface area contributed by atoms with Crippen LogP contribution >= 0.6 is 0 Å². The minimum absolute atomic E-state index is 0.264. The molecule has 1 aromatic heterocycles. The van der Waals surface area contributed by atoms with Crippen LogP contribution in [0, 0.1) is 0 Å².